The first-order valence-electron chi connectivity index (χ1n) is 7.58. The van der Waals surface area contributed by atoms with E-state index in [1.54, 1.807) is 12.1 Å². The minimum absolute atomic E-state index is 0.114. The van der Waals surface area contributed by atoms with E-state index in [1.807, 2.05) is 0 Å². The molecule has 0 bridgehead atoms. The number of carbonyl (C=O) groups excluding carboxylic acids is 1. The second-order valence-corrected chi connectivity index (χ2v) is 5.33. The lowest BCUT2D eigenvalue weighted by Gasteiger charge is -2.23. The number of nitrogens with zero attached hydrogens (tertiary/aromatic N) is 1. The first kappa shape index (κ1) is 16.4. The maximum Gasteiger partial charge on any atom is 0.259 e. The van der Waals surface area contributed by atoms with Crippen LogP contribution in [0, 0.1) is 0 Å². The summed E-state index contributed by atoms with van der Waals surface area (Å²) >= 11 is 0. The Morgan fingerprint density at radius 2 is 2.05 bits per heavy atom. The number of rotatable bonds is 6. The quantitative estimate of drug-likeness (QED) is 0.836. The summed E-state index contributed by atoms with van der Waals surface area (Å²) in [6.07, 6.45) is 2.23. The van der Waals surface area contributed by atoms with Crippen LogP contribution < -0.4 is 14.8 Å². The zero-order chi connectivity index (χ0) is 16.1. The average molecular weight is 308 g/mol. The molecule has 1 heterocycles. The second kappa shape index (κ2) is 7.35. The molecule has 1 fully saturated rings. The molecule has 1 amide bonds. The van der Waals surface area contributed by atoms with Crippen LogP contribution in [0.15, 0.2) is 12.1 Å². The van der Waals surface area contributed by atoms with Crippen LogP contribution in [0.5, 0.6) is 17.2 Å². The molecule has 2 N–H and O–H groups in total. The van der Waals surface area contributed by atoms with Crippen molar-refractivity contribution in [3.63, 3.8) is 0 Å². The van der Waals surface area contributed by atoms with Crippen LogP contribution in [0.1, 0.15) is 30.1 Å². The fraction of sp³-hybridized carbons (Fsp3) is 0.562. The normalized spacial score (nSPS) is 18.2. The topological polar surface area (TPSA) is 71.0 Å². The van der Waals surface area contributed by atoms with Gasteiger partial charge in [-0.1, -0.05) is 6.92 Å². The minimum Gasteiger partial charge on any atom is -0.504 e. The lowest BCUT2D eigenvalue weighted by Crippen LogP contribution is -2.40. The smallest absolute Gasteiger partial charge is 0.259 e. The highest BCUT2D eigenvalue weighted by Crippen LogP contribution is 2.36. The number of phenols is 1. The minimum atomic E-state index is -0.351. The van der Waals surface area contributed by atoms with Crippen LogP contribution in [0.2, 0.25) is 0 Å². The van der Waals surface area contributed by atoms with Crippen LogP contribution in [-0.4, -0.2) is 55.8 Å². The van der Waals surface area contributed by atoms with Gasteiger partial charge in [-0.25, -0.2) is 0 Å². The Bertz CT molecular complexity index is 533. The van der Waals surface area contributed by atoms with E-state index < -0.39 is 0 Å². The number of hydrogen-bond donors (Lipinski definition) is 2. The molecule has 6 heteroatoms. The van der Waals surface area contributed by atoms with Crippen molar-refractivity contribution in [3.05, 3.63) is 17.7 Å². The largest absolute Gasteiger partial charge is 0.504 e. The van der Waals surface area contributed by atoms with E-state index in [4.69, 9.17) is 9.47 Å². The van der Waals surface area contributed by atoms with Gasteiger partial charge in [0.15, 0.2) is 11.5 Å². The molecule has 0 aromatic heterocycles. The van der Waals surface area contributed by atoms with E-state index in [1.165, 1.54) is 14.2 Å². The molecule has 0 saturated carbocycles. The molecule has 1 aromatic rings. The third kappa shape index (κ3) is 3.27. The third-order valence-corrected chi connectivity index (χ3v) is 4.17. The molecular weight excluding hydrogens is 284 g/mol. The Morgan fingerprint density at radius 1 is 1.36 bits per heavy atom. The van der Waals surface area contributed by atoms with E-state index in [9.17, 15) is 9.90 Å². The van der Waals surface area contributed by atoms with Crippen LogP contribution in [0.4, 0.5) is 0 Å². The van der Waals surface area contributed by atoms with Gasteiger partial charge in [0.2, 0.25) is 0 Å². The summed E-state index contributed by atoms with van der Waals surface area (Å²) in [4.78, 5) is 14.8. The van der Waals surface area contributed by atoms with Crippen molar-refractivity contribution in [2.45, 2.75) is 25.8 Å². The van der Waals surface area contributed by atoms with Gasteiger partial charge in [-0.3, -0.25) is 9.69 Å². The zero-order valence-corrected chi connectivity index (χ0v) is 13.4. The molecule has 1 aliphatic rings. The SMILES string of the molecule is CCN1CCC[C@H]1CNC(=O)c1c(OC)ccc(OC)c1O. The van der Waals surface area contributed by atoms with E-state index >= 15 is 0 Å². The van der Waals surface area contributed by atoms with Crippen molar-refractivity contribution in [2.75, 3.05) is 33.9 Å². The Morgan fingerprint density at radius 3 is 2.68 bits per heavy atom. The van der Waals surface area contributed by atoms with Crippen molar-refractivity contribution in [1.82, 2.24) is 10.2 Å². The van der Waals surface area contributed by atoms with Crippen molar-refractivity contribution in [3.8, 4) is 17.2 Å². The fourth-order valence-electron chi connectivity index (χ4n) is 2.95. The van der Waals surface area contributed by atoms with Crippen molar-refractivity contribution in [2.24, 2.45) is 0 Å². The standard InChI is InChI=1S/C16H24N2O4/c1-4-18-9-5-6-11(18)10-17-16(20)14-12(21-2)7-8-13(22-3)15(14)19/h7-8,11,19H,4-6,9-10H2,1-3H3,(H,17,20)/t11-/m0/s1. The van der Waals surface area contributed by atoms with Crippen molar-refractivity contribution >= 4 is 5.91 Å². The van der Waals surface area contributed by atoms with Gasteiger partial charge < -0.3 is 19.9 Å². The highest BCUT2D eigenvalue weighted by Gasteiger charge is 2.25. The van der Waals surface area contributed by atoms with E-state index in [-0.39, 0.29) is 23.0 Å². The summed E-state index contributed by atoms with van der Waals surface area (Å²) in [5.74, 6) is 0.0332. The van der Waals surface area contributed by atoms with Gasteiger partial charge in [0.05, 0.1) is 14.2 Å². The predicted molar refractivity (Wildman–Crippen MR) is 83.8 cm³/mol. The number of methoxy groups -OCH3 is 2. The number of phenolic OH excluding ortho intramolecular Hbond substituents is 1. The summed E-state index contributed by atoms with van der Waals surface area (Å²) in [7, 11) is 2.91. The summed E-state index contributed by atoms with van der Waals surface area (Å²) < 4.78 is 10.2. The first-order chi connectivity index (χ1) is 10.6. The molecule has 22 heavy (non-hydrogen) atoms. The Hall–Kier alpha value is -1.95. The number of amides is 1. The maximum atomic E-state index is 12.4. The van der Waals surface area contributed by atoms with Crippen LogP contribution in [0.25, 0.3) is 0 Å². The molecule has 1 aliphatic heterocycles. The third-order valence-electron chi connectivity index (χ3n) is 4.17. The van der Waals surface area contributed by atoms with Gasteiger partial charge in [-0.15, -0.1) is 0 Å². The fourth-order valence-corrected chi connectivity index (χ4v) is 2.95. The molecule has 1 aromatic carbocycles. The summed E-state index contributed by atoms with van der Waals surface area (Å²) in [6.45, 7) is 4.74. The molecule has 1 atom stereocenters. The second-order valence-electron chi connectivity index (χ2n) is 5.33. The number of nitrogens with one attached hydrogen (secondary N) is 1. The maximum absolute atomic E-state index is 12.4. The molecule has 2 rings (SSSR count). The Balaban J connectivity index is 2.12. The summed E-state index contributed by atoms with van der Waals surface area (Å²) in [5, 5.41) is 13.1. The Kier molecular flexibility index (Phi) is 5.49. The number of carbonyl (C=O) groups is 1. The number of likely N-dealkylation sites (N-methyl/N-ethyl adjacent to an activating group) is 1. The van der Waals surface area contributed by atoms with Gasteiger partial charge in [0.25, 0.3) is 5.91 Å². The van der Waals surface area contributed by atoms with Gasteiger partial charge in [0, 0.05) is 12.6 Å². The zero-order valence-electron chi connectivity index (χ0n) is 13.4. The highest BCUT2D eigenvalue weighted by atomic mass is 16.5. The molecule has 0 spiro atoms. The highest BCUT2D eigenvalue weighted by molar-refractivity contribution is 6.00. The van der Waals surface area contributed by atoms with Gasteiger partial charge in [-0.05, 0) is 38.1 Å². The molecule has 0 radical (unpaired) electrons. The molecule has 1 saturated heterocycles. The van der Waals surface area contributed by atoms with Gasteiger partial charge in [-0.2, -0.15) is 0 Å². The molecular formula is C16H24N2O4. The predicted octanol–water partition coefficient (Wildman–Crippen LogP) is 1.62. The number of likely N-dealkylation sites (tertiary alicyclic amines) is 1. The molecule has 0 aliphatic carbocycles. The number of ether oxygens (including phenoxy) is 2. The van der Waals surface area contributed by atoms with Crippen molar-refractivity contribution < 1.29 is 19.4 Å². The van der Waals surface area contributed by atoms with Crippen molar-refractivity contribution in [1.29, 1.82) is 0 Å². The number of aromatic hydroxyl groups is 1. The van der Waals surface area contributed by atoms with Crippen LogP contribution >= 0.6 is 0 Å². The summed E-state index contributed by atoms with van der Waals surface area (Å²) in [6, 6.07) is 3.54. The van der Waals surface area contributed by atoms with Crippen LogP contribution in [0.3, 0.4) is 0 Å². The number of hydrogen-bond acceptors (Lipinski definition) is 5. The Labute approximate surface area is 131 Å². The number of benzene rings is 1. The van der Waals surface area contributed by atoms with Crippen LogP contribution in [-0.2, 0) is 0 Å². The molecule has 122 valence electrons. The van der Waals surface area contributed by atoms with Gasteiger partial charge in [0.1, 0.15) is 11.3 Å². The monoisotopic (exact) mass is 308 g/mol. The van der Waals surface area contributed by atoms with E-state index in [0.717, 1.165) is 25.9 Å². The average Bonchev–Trinajstić information content (AvgIpc) is 2.99. The summed E-state index contributed by atoms with van der Waals surface area (Å²) in [5.41, 5.74) is 0.114. The lowest BCUT2D eigenvalue weighted by molar-refractivity contribution is 0.0935. The lowest BCUT2D eigenvalue weighted by atomic mass is 10.1. The first-order valence-corrected chi connectivity index (χ1v) is 7.58. The molecule has 6 nitrogen and oxygen atoms in total. The molecule has 0 unspecified atom stereocenters. The van der Waals surface area contributed by atoms with E-state index in [2.05, 4.69) is 17.1 Å². The van der Waals surface area contributed by atoms with Gasteiger partial charge >= 0.3 is 0 Å². The van der Waals surface area contributed by atoms with E-state index in [0.29, 0.717) is 18.3 Å².